The predicted octanol–water partition coefficient (Wildman–Crippen LogP) is 2.89. The minimum atomic E-state index is -0.169. The van der Waals surface area contributed by atoms with Crippen LogP contribution in [0.5, 0.6) is 0 Å². The normalized spacial score (nSPS) is 13.0. The highest BCUT2D eigenvalue weighted by Gasteiger charge is 2.23. The van der Waals surface area contributed by atoms with Crippen LogP contribution in [0.15, 0.2) is 47.8 Å². The molecule has 152 valence electrons. The van der Waals surface area contributed by atoms with Crippen LogP contribution in [0.2, 0.25) is 0 Å². The molecule has 0 radical (unpaired) electrons. The molecule has 3 aromatic heterocycles. The van der Waals surface area contributed by atoms with E-state index >= 15 is 0 Å². The molecule has 4 heterocycles. The van der Waals surface area contributed by atoms with E-state index in [1.54, 1.807) is 17.1 Å². The summed E-state index contributed by atoms with van der Waals surface area (Å²) in [6.45, 7) is 3.66. The lowest BCUT2D eigenvalue weighted by Crippen LogP contribution is -2.24. The Kier molecular flexibility index (Phi) is 4.71. The third-order valence-electron chi connectivity index (χ3n) is 5.59. The Morgan fingerprint density at radius 2 is 2.10 bits per heavy atom. The first-order valence-corrected chi connectivity index (χ1v) is 10.8. The summed E-state index contributed by atoms with van der Waals surface area (Å²) < 4.78 is 3.74. The average molecular weight is 420 g/mol. The van der Waals surface area contributed by atoms with Crippen molar-refractivity contribution in [2.75, 3.05) is 0 Å². The number of imidazole rings is 1. The number of nitrogens with one attached hydrogen (secondary N) is 1. The third kappa shape index (κ3) is 3.23. The maximum Gasteiger partial charge on any atom is 0.262 e. The van der Waals surface area contributed by atoms with Crippen LogP contribution < -0.4 is 10.9 Å². The number of carbonyl (C=O) groups excluding carboxylic acids is 1. The number of amides is 1. The monoisotopic (exact) mass is 419 g/mol. The zero-order valence-corrected chi connectivity index (χ0v) is 17.4. The van der Waals surface area contributed by atoms with Crippen molar-refractivity contribution in [3.05, 3.63) is 80.7 Å². The first-order chi connectivity index (χ1) is 14.6. The summed E-state index contributed by atoms with van der Waals surface area (Å²) in [5, 5.41) is 3.60. The highest BCUT2D eigenvalue weighted by Crippen LogP contribution is 2.28. The van der Waals surface area contributed by atoms with E-state index in [1.165, 1.54) is 11.3 Å². The zero-order chi connectivity index (χ0) is 20.7. The summed E-state index contributed by atoms with van der Waals surface area (Å²) in [4.78, 5) is 35.7. The fourth-order valence-corrected chi connectivity index (χ4v) is 5.12. The van der Waals surface area contributed by atoms with Gasteiger partial charge in [-0.25, -0.2) is 9.97 Å². The molecule has 0 spiro atoms. The van der Waals surface area contributed by atoms with E-state index in [1.807, 2.05) is 35.9 Å². The molecule has 1 aliphatic heterocycles. The second kappa shape index (κ2) is 7.53. The molecule has 0 saturated carbocycles. The number of rotatable bonds is 5. The Hall–Kier alpha value is -3.26. The van der Waals surface area contributed by atoms with E-state index in [0.29, 0.717) is 34.7 Å². The number of thiophene rings is 1. The second-order valence-corrected chi connectivity index (χ2v) is 8.51. The van der Waals surface area contributed by atoms with Gasteiger partial charge in [0.2, 0.25) is 0 Å². The molecule has 8 heteroatoms. The molecule has 7 nitrogen and oxygen atoms in total. The molecular formula is C22H21N5O2S. The van der Waals surface area contributed by atoms with Gasteiger partial charge in [-0.15, -0.1) is 11.3 Å². The highest BCUT2D eigenvalue weighted by molar-refractivity contribution is 7.20. The Bertz CT molecular complexity index is 1300. The van der Waals surface area contributed by atoms with Gasteiger partial charge in [0.1, 0.15) is 10.7 Å². The fraction of sp³-hybridized carbons (Fsp3) is 0.273. The maximum absolute atomic E-state index is 12.9. The predicted molar refractivity (Wildman–Crippen MR) is 116 cm³/mol. The Morgan fingerprint density at radius 3 is 2.90 bits per heavy atom. The number of hydrogen-bond donors (Lipinski definition) is 1. The van der Waals surface area contributed by atoms with E-state index in [-0.39, 0.29) is 11.5 Å². The molecule has 0 bridgehead atoms. The van der Waals surface area contributed by atoms with Crippen LogP contribution in [0, 0.1) is 6.92 Å². The van der Waals surface area contributed by atoms with Crippen LogP contribution in [0.25, 0.3) is 10.2 Å². The van der Waals surface area contributed by atoms with Crippen LogP contribution >= 0.6 is 11.3 Å². The molecule has 0 aliphatic carbocycles. The number of aryl methyl sites for hydroxylation is 2. The smallest absolute Gasteiger partial charge is 0.262 e. The lowest BCUT2D eigenvalue weighted by Gasteiger charge is -2.11. The summed E-state index contributed by atoms with van der Waals surface area (Å²) in [6, 6.07) is 8.03. The van der Waals surface area contributed by atoms with Crippen LogP contribution in [-0.2, 0) is 26.1 Å². The molecule has 4 aromatic rings. The second-order valence-electron chi connectivity index (χ2n) is 7.51. The number of hydrogen-bond acceptors (Lipinski definition) is 5. The van der Waals surface area contributed by atoms with Crippen molar-refractivity contribution in [3.8, 4) is 0 Å². The first-order valence-electron chi connectivity index (χ1n) is 9.95. The van der Waals surface area contributed by atoms with Crippen LogP contribution in [0.1, 0.15) is 38.6 Å². The van der Waals surface area contributed by atoms with Crippen LogP contribution in [0.3, 0.4) is 0 Å². The maximum atomic E-state index is 12.9. The van der Waals surface area contributed by atoms with Crippen LogP contribution in [0.4, 0.5) is 0 Å². The van der Waals surface area contributed by atoms with Crippen molar-refractivity contribution in [2.24, 2.45) is 0 Å². The summed E-state index contributed by atoms with van der Waals surface area (Å²) in [6.07, 6.45) is 7.21. The van der Waals surface area contributed by atoms with Gasteiger partial charge in [0.15, 0.2) is 0 Å². The topological polar surface area (TPSA) is 81.8 Å². The summed E-state index contributed by atoms with van der Waals surface area (Å²) in [5.41, 5.74) is 2.88. The van der Waals surface area contributed by atoms with Gasteiger partial charge < -0.3 is 9.88 Å². The average Bonchev–Trinajstić information content (AvgIpc) is 3.48. The van der Waals surface area contributed by atoms with E-state index in [0.717, 1.165) is 35.4 Å². The van der Waals surface area contributed by atoms with Gasteiger partial charge in [0.25, 0.3) is 11.5 Å². The van der Waals surface area contributed by atoms with Crippen LogP contribution in [-0.4, -0.2) is 25.0 Å². The Balaban J connectivity index is 1.39. The summed E-state index contributed by atoms with van der Waals surface area (Å²) >= 11 is 1.31. The number of fused-ring (bicyclic) bond motifs is 2. The fourth-order valence-electron chi connectivity index (χ4n) is 4.01. The minimum absolute atomic E-state index is 0.0222. The number of benzene rings is 1. The summed E-state index contributed by atoms with van der Waals surface area (Å²) in [7, 11) is 0. The van der Waals surface area contributed by atoms with Crippen molar-refractivity contribution in [1.29, 1.82) is 0 Å². The first kappa shape index (κ1) is 18.7. The van der Waals surface area contributed by atoms with Gasteiger partial charge in [-0.05, 0) is 30.0 Å². The summed E-state index contributed by atoms with van der Waals surface area (Å²) in [5.74, 6) is 0.659. The lowest BCUT2D eigenvalue weighted by atomic mass is 10.1. The van der Waals surface area contributed by atoms with Crippen molar-refractivity contribution in [2.45, 2.75) is 39.4 Å². The number of nitrogens with zero attached hydrogens (tertiary/aromatic N) is 4. The third-order valence-corrected chi connectivity index (χ3v) is 6.77. The minimum Gasteiger partial charge on any atom is -0.347 e. The number of aromatic nitrogens is 4. The highest BCUT2D eigenvalue weighted by atomic mass is 32.1. The van der Waals surface area contributed by atoms with Gasteiger partial charge in [-0.2, -0.15) is 0 Å². The molecular weight excluding hydrogens is 398 g/mol. The molecule has 1 N–H and O–H groups in total. The Morgan fingerprint density at radius 1 is 1.27 bits per heavy atom. The van der Waals surface area contributed by atoms with Crippen molar-refractivity contribution in [1.82, 2.24) is 24.4 Å². The van der Waals surface area contributed by atoms with E-state index in [9.17, 15) is 9.59 Å². The lowest BCUT2D eigenvalue weighted by molar-refractivity contribution is 0.0954. The molecule has 0 unspecified atom stereocenters. The Labute approximate surface area is 177 Å². The SMILES string of the molecule is Cc1c(C(=O)NCc2ccccc2Cn2ccnc2)sc2nc3n(c(=O)c12)CCC3. The van der Waals surface area contributed by atoms with E-state index < -0.39 is 0 Å². The molecule has 30 heavy (non-hydrogen) atoms. The van der Waals surface area contributed by atoms with E-state index in [4.69, 9.17) is 0 Å². The molecule has 1 amide bonds. The van der Waals surface area contributed by atoms with Crippen molar-refractivity contribution >= 4 is 27.5 Å². The molecule has 1 aliphatic rings. The standard InChI is InChI=1S/C22H21N5O2S/c1-14-18-21(25-17-7-4-9-27(17)22(18)29)30-19(14)20(28)24-11-15-5-2-3-6-16(15)12-26-10-8-23-13-26/h2-3,5-6,8,10,13H,4,7,9,11-12H2,1H3,(H,24,28). The van der Waals surface area contributed by atoms with Gasteiger partial charge >= 0.3 is 0 Å². The van der Waals surface area contributed by atoms with Gasteiger partial charge in [0.05, 0.1) is 16.6 Å². The van der Waals surface area contributed by atoms with Crippen molar-refractivity contribution < 1.29 is 4.79 Å². The van der Waals surface area contributed by atoms with Gasteiger partial charge in [-0.1, -0.05) is 24.3 Å². The number of carbonyl (C=O) groups is 1. The molecule has 0 fully saturated rings. The molecule has 1 aromatic carbocycles. The molecule has 0 atom stereocenters. The largest absolute Gasteiger partial charge is 0.347 e. The van der Waals surface area contributed by atoms with Gasteiger partial charge in [-0.3, -0.25) is 14.2 Å². The molecule has 5 rings (SSSR count). The van der Waals surface area contributed by atoms with Gasteiger partial charge in [0, 0.05) is 38.4 Å². The quantitative estimate of drug-likeness (QED) is 0.539. The zero-order valence-electron chi connectivity index (χ0n) is 16.6. The molecule has 0 saturated heterocycles. The van der Waals surface area contributed by atoms with E-state index in [2.05, 4.69) is 21.4 Å². The van der Waals surface area contributed by atoms with Crippen molar-refractivity contribution in [3.63, 3.8) is 0 Å².